The van der Waals surface area contributed by atoms with E-state index in [1.807, 2.05) is 44.2 Å². The van der Waals surface area contributed by atoms with Gasteiger partial charge >= 0.3 is 0 Å². The summed E-state index contributed by atoms with van der Waals surface area (Å²) in [6.07, 6.45) is 1.37. The summed E-state index contributed by atoms with van der Waals surface area (Å²) in [7, 11) is 0. The fraction of sp³-hybridized carbons (Fsp3) is 0.393. The van der Waals surface area contributed by atoms with Crippen molar-refractivity contribution in [1.82, 2.24) is 20.4 Å². The Labute approximate surface area is 210 Å². The molecular weight excluding hydrogens is 454 g/mol. The first-order chi connectivity index (χ1) is 17.5. The number of aromatic amines is 1. The molecule has 186 valence electrons. The van der Waals surface area contributed by atoms with Gasteiger partial charge in [0.1, 0.15) is 12.3 Å². The van der Waals surface area contributed by atoms with Crippen LogP contribution in [0.15, 0.2) is 48.5 Å². The molecule has 1 saturated heterocycles. The summed E-state index contributed by atoms with van der Waals surface area (Å²) in [4.78, 5) is 31.4. The maximum Gasteiger partial charge on any atom is 0.240 e. The molecule has 0 unspecified atom stereocenters. The van der Waals surface area contributed by atoms with Crippen LogP contribution in [0.3, 0.4) is 0 Å². The number of aromatic nitrogens is 2. The van der Waals surface area contributed by atoms with Gasteiger partial charge in [-0.2, -0.15) is 5.10 Å². The number of nitrogens with one attached hydrogen (secondary N) is 2. The van der Waals surface area contributed by atoms with Crippen LogP contribution in [-0.4, -0.2) is 53.2 Å². The summed E-state index contributed by atoms with van der Waals surface area (Å²) in [5.74, 6) is 0.626. The number of aryl methyl sites for hydroxylation is 2. The highest BCUT2D eigenvalue weighted by atomic mass is 16.5. The number of benzene rings is 2. The van der Waals surface area contributed by atoms with Crippen molar-refractivity contribution >= 4 is 17.5 Å². The topological polar surface area (TPSA) is 90.6 Å². The third-order valence-corrected chi connectivity index (χ3v) is 7.96. The van der Waals surface area contributed by atoms with Crippen LogP contribution in [0.25, 0.3) is 0 Å². The first-order valence-corrected chi connectivity index (χ1v) is 12.6. The van der Waals surface area contributed by atoms with E-state index in [9.17, 15) is 9.59 Å². The minimum absolute atomic E-state index is 0.00429. The van der Waals surface area contributed by atoms with Gasteiger partial charge in [-0.25, -0.2) is 0 Å². The van der Waals surface area contributed by atoms with Crippen molar-refractivity contribution < 1.29 is 14.3 Å². The predicted octanol–water partition coefficient (Wildman–Crippen LogP) is 3.16. The fourth-order valence-electron chi connectivity index (χ4n) is 6.25. The Morgan fingerprint density at radius 2 is 2.00 bits per heavy atom. The summed E-state index contributed by atoms with van der Waals surface area (Å²) < 4.78 is 6.05. The van der Waals surface area contributed by atoms with E-state index in [1.165, 1.54) is 0 Å². The zero-order valence-corrected chi connectivity index (χ0v) is 20.7. The van der Waals surface area contributed by atoms with Crippen LogP contribution in [0.2, 0.25) is 0 Å². The quantitative estimate of drug-likeness (QED) is 0.582. The molecule has 36 heavy (non-hydrogen) atoms. The molecule has 2 aromatic carbocycles. The molecule has 2 atom stereocenters. The van der Waals surface area contributed by atoms with Crippen LogP contribution in [0.1, 0.15) is 47.0 Å². The molecule has 8 heteroatoms. The number of carbonyl (C=O) groups is 2. The summed E-state index contributed by atoms with van der Waals surface area (Å²) >= 11 is 0. The predicted molar refractivity (Wildman–Crippen MR) is 136 cm³/mol. The highest BCUT2D eigenvalue weighted by Gasteiger charge is 2.60. The van der Waals surface area contributed by atoms with E-state index >= 15 is 0 Å². The summed E-state index contributed by atoms with van der Waals surface area (Å²) in [6.45, 7) is 6.53. The first-order valence-electron chi connectivity index (χ1n) is 12.6. The van der Waals surface area contributed by atoms with Crippen LogP contribution in [0.5, 0.6) is 5.75 Å². The van der Waals surface area contributed by atoms with E-state index in [4.69, 9.17) is 4.74 Å². The molecule has 3 aliphatic heterocycles. The number of carbonyl (C=O) groups excluding carboxylic acids is 2. The zero-order chi connectivity index (χ0) is 24.9. The van der Waals surface area contributed by atoms with Gasteiger partial charge in [0.15, 0.2) is 0 Å². The van der Waals surface area contributed by atoms with Gasteiger partial charge in [0, 0.05) is 36.6 Å². The van der Waals surface area contributed by atoms with Crippen LogP contribution >= 0.6 is 0 Å². The zero-order valence-electron chi connectivity index (χ0n) is 20.7. The Balaban J connectivity index is 1.53. The Morgan fingerprint density at radius 3 is 2.83 bits per heavy atom. The maximum absolute atomic E-state index is 14.4. The number of anilines is 1. The molecular formula is C28H31N5O3. The van der Waals surface area contributed by atoms with Gasteiger partial charge in [0.2, 0.25) is 11.8 Å². The van der Waals surface area contributed by atoms with E-state index in [-0.39, 0.29) is 24.4 Å². The summed E-state index contributed by atoms with van der Waals surface area (Å²) in [5, 5.41) is 10.5. The van der Waals surface area contributed by atoms with E-state index in [0.29, 0.717) is 32.5 Å². The number of para-hydroxylation sites is 1. The standard InChI is InChI=1S/C28H31N5O3/c1-18-22(19(2)31-30-18)16-32-13-11-28-23-9-3-4-10-24(23)33(27(28)35)17-25(34)29-12-6-14-36-21-8-5-7-20(15-21)26(28)32/h3-5,7-10,15,26H,6,11-14,16-17H2,1-2H3,(H,29,34)(H,30,31)/t26-,28+/m0/s1. The average molecular weight is 486 g/mol. The number of H-pyrrole nitrogens is 1. The third kappa shape index (κ3) is 3.51. The maximum atomic E-state index is 14.4. The van der Waals surface area contributed by atoms with Gasteiger partial charge in [-0.3, -0.25) is 19.6 Å². The lowest BCUT2D eigenvalue weighted by Gasteiger charge is -2.35. The van der Waals surface area contributed by atoms with Crippen LogP contribution in [0, 0.1) is 13.8 Å². The van der Waals surface area contributed by atoms with Gasteiger partial charge in [0.25, 0.3) is 0 Å². The highest BCUT2D eigenvalue weighted by Crippen LogP contribution is 2.57. The number of nitrogens with zero attached hydrogens (tertiary/aromatic N) is 3. The van der Waals surface area contributed by atoms with Crippen molar-refractivity contribution in [3.63, 3.8) is 0 Å². The minimum Gasteiger partial charge on any atom is -0.494 e. The number of likely N-dealkylation sites (tertiary alicyclic amines) is 1. The van der Waals surface area contributed by atoms with E-state index in [1.54, 1.807) is 4.90 Å². The molecule has 2 amide bonds. The number of amides is 2. The first kappa shape index (κ1) is 22.8. The second-order valence-corrected chi connectivity index (χ2v) is 10.0. The molecule has 0 radical (unpaired) electrons. The molecule has 1 spiro atoms. The number of rotatable bonds is 2. The smallest absolute Gasteiger partial charge is 0.240 e. The minimum atomic E-state index is -0.787. The lowest BCUT2D eigenvalue weighted by molar-refractivity contribution is -0.127. The molecule has 3 aliphatic rings. The number of hydrogen-bond donors (Lipinski definition) is 2. The lowest BCUT2D eigenvalue weighted by Crippen LogP contribution is -2.47. The molecule has 1 aromatic heterocycles. The summed E-state index contributed by atoms with van der Waals surface area (Å²) in [5.41, 5.74) is 5.28. The fourth-order valence-corrected chi connectivity index (χ4v) is 6.25. The molecule has 0 aliphatic carbocycles. The summed E-state index contributed by atoms with van der Waals surface area (Å²) in [6, 6.07) is 15.9. The molecule has 3 aromatic rings. The Morgan fingerprint density at radius 1 is 1.14 bits per heavy atom. The SMILES string of the molecule is Cc1n[nH]c(C)c1CN1CC[C@]23C(=O)N(CC(=O)NCCCOc4cccc(c4)[C@H]12)c1ccccc13. The number of hydrogen-bond acceptors (Lipinski definition) is 5. The molecule has 0 saturated carbocycles. The van der Waals surface area contributed by atoms with Gasteiger partial charge < -0.3 is 15.0 Å². The lowest BCUT2D eigenvalue weighted by atomic mass is 9.72. The second kappa shape index (κ2) is 8.78. The van der Waals surface area contributed by atoms with Crippen LogP contribution in [0.4, 0.5) is 5.69 Å². The molecule has 8 nitrogen and oxygen atoms in total. The van der Waals surface area contributed by atoms with Crippen molar-refractivity contribution in [3.8, 4) is 5.75 Å². The van der Waals surface area contributed by atoms with Crippen molar-refractivity contribution in [2.75, 3.05) is 31.1 Å². The van der Waals surface area contributed by atoms with Gasteiger partial charge in [0.05, 0.1) is 23.8 Å². The van der Waals surface area contributed by atoms with Crippen LogP contribution < -0.4 is 15.0 Å². The highest BCUT2D eigenvalue weighted by molar-refractivity contribution is 6.11. The number of fused-ring (bicyclic) bond motifs is 6. The normalized spacial score (nSPS) is 24.1. The Hall–Kier alpha value is -3.65. The van der Waals surface area contributed by atoms with Gasteiger partial charge in [-0.1, -0.05) is 30.3 Å². The van der Waals surface area contributed by atoms with Gasteiger partial charge in [-0.05, 0) is 56.0 Å². The molecule has 4 bridgehead atoms. The average Bonchev–Trinajstić information content (AvgIpc) is 3.49. The van der Waals surface area contributed by atoms with Crippen molar-refractivity contribution in [2.24, 2.45) is 0 Å². The van der Waals surface area contributed by atoms with E-state index < -0.39 is 5.41 Å². The third-order valence-electron chi connectivity index (χ3n) is 7.96. The molecule has 4 heterocycles. The molecule has 6 rings (SSSR count). The molecule has 1 fully saturated rings. The van der Waals surface area contributed by atoms with Crippen LogP contribution in [-0.2, 0) is 21.5 Å². The van der Waals surface area contributed by atoms with E-state index in [2.05, 4.69) is 38.6 Å². The Kier molecular flexibility index (Phi) is 5.56. The second-order valence-electron chi connectivity index (χ2n) is 10.0. The van der Waals surface area contributed by atoms with Crippen molar-refractivity contribution in [3.05, 3.63) is 76.6 Å². The monoisotopic (exact) mass is 485 g/mol. The molecule has 2 N–H and O–H groups in total. The largest absolute Gasteiger partial charge is 0.494 e. The van der Waals surface area contributed by atoms with Gasteiger partial charge in [-0.15, -0.1) is 0 Å². The number of ether oxygens (including phenoxy) is 1. The van der Waals surface area contributed by atoms with E-state index in [0.717, 1.165) is 46.1 Å². The Bertz CT molecular complexity index is 1310. The van der Waals surface area contributed by atoms with Crippen molar-refractivity contribution in [2.45, 2.75) is 44.7 Å². The van der Waals surface area contributed by atoms with Crippen molar-refractivity contribution in [1.29, 1.82) is 0 Å².